The van der Waals surface area contributed by atoms with Crippen molar-refractivity contribution in [2.75, 3.05) is 0 Å². The SMILES string of the molecule is Cc1c(C(=O)O)cccc1-n1c(C)cc(/C=C2\SC(=S)NC2=O)c1C. The van der Waals surface area contributed by atoms with Crippen LogP contribution >= 0.6 is 24.0 Å². The van der Waals surface area contributed by atoms with Gasteiger partial charge in [0.2, 0.25) is 0 Å². The maximum atomic E-state index is 11.9. The first-order chi connectivity index (χ1) is 11.8. The van der Waals surface area contributed by atoms with E-state index in [1.807, 2.05) is 36.6 Å². The second kappa shape index (κ2) is 6.50. The van der Waals surface area contributed by atoms with Gasteiger partial charge in [-0.05, 0) is 56.2 Å². The van der Waals surface area contributed by atoms with E-state index in [4.69, 9.17) is 12.2 Å². The van der Waals surface area contributed by atoms with Crippen LogP contribution in [0.4, 0.5) is 0 Å². The van der Waals surface area contributed by atoms with Crippen LogP contribution in [0.3, 0.4) is 0 Å². The molecule has 1 amide bonds. The highest BCUT2D eigenvalue weighted by Gasteiger charge is 2.23. The number of carbonyl (C=O) groups excluding carboxylic acids is 1. The molecule has 0 aliphatic carbocycles. The molecule has 2 aromatic rings. The van der Waals surface area contributed by atoms with Gasteiger partial charge in [0.1, 0.15) is 4.32 Å². The van der Waals surface area contributed by atoms with Crippen LogP contribution in [0, 0.1) is 20.8 Å². The number of thiocarbonyl (C=S) groups is 1. The number of amides is 1. The van der Waals surface area contributed by atoms with Crippen LogP contribution in [0.2, 0.25) is 0 Å². The Morgan fingerprint density at radius 3 is 2.64 bits per heavy atom. The molecular weight excluding hydrogens is 356 g/mol. The Hall–Kier alpha value is -2.38. The third kappa shape index (κ3) is 3.12. The summed E-state index contributed by atoms with van der Waals surface area (Å²) in [7, 11) is 0. The maximum Gasteiger partial charge on any atom is 0.336 e. The van der Waals surface area contributed by atoms with E-state index in [1.165, 1.54) is 11.8 Å². The monoisotopic (exact) mass is 372 g/mol. The number of thioether (sulfide) groups is 1. The highest BCUT2D eigenvalue weighted by atomic mass is 32.2. The van der Waals surface area contributed by atoms with E-state index < -0.39 is 5.97 Å². The number of nitrogens with one attached hydrogen (secondary N) is 1. The van der Waals surface area contributed by atoms with Gasteiger partial charge in [-0.25, -0.2) is 4.79 Å². The Morgan fingerprint density at radius 1 is 1.32 bits per heavy atom. The highest BCUT2D eigenvalue weighted by Crippen LogP contribution is 2.30. The first-order valence-electron chi connectivity index (χ1n) is 7.56. The second-order valence-electron chi connectivity index (χ2n) is 5.77. The minimum absolute atomic E-state index is 0.191. The first kappa shape index (κ1) is 17.4. The predicted molar refractivity (Wildman–Crippen MR) is 103 cm³/mol. The van der Waals surface area contributed by atoms with Gasteiger partial charge >= 0.3 is 5.97 Å². The molecule has 0 radical (unpaired) electrons. The number of rotatable bonds is 3. The first-order valence-corrected chi connectivity index (χ1v) is 8.79. The Morgan fingerprint density at radius 2 is 2.04 bits per heavy atom. The number of carbonyl (C=O) groups is 2. The zero-order chi connectivity index (χ0) is 18.3. The van der Waals surface area contributed by atoms with Crippen molar-refractivity contribution >= 4 is 46.3 Å². The number of carboxylic acid groups (broad SMARTS) is 1. The van der Waals surface area contributed by atoms with Crippen LogP contribution in [-0.2, 0) is 4.79 Å². The van der Waals surface area contributed by atoms with Crippen LogP contribution in [0.1, 0.15) is 32.9 Å². The van der Waals surface area contributed by atoms with Crippen molar-refractivity contribution in [3.8, 4) is 5.69 Å². The molecule has 2 heterocycles. The summed E-state index contributed by atoms with van der Waals surface area (Å²) in [6.07, 6.45) is 1.81. The Balaban J connectivity index is 2.12. The molecule has 1 saturated heterocycles. The third-order valence-corrected chi connectivity index (χ3v) is 5.34. The summed E-state index contributed by atoms with van der Waals surface area (Å²) in [4.78, 5) is 23.8. The topological polar surface area (TPSA) is 71.3 Å². The molecule has 7 heteroatoms. The van der Waals surface area contributed by atoms with E-state index in [1.54, 1.807) is 19.1 Å². The van der Waals surface area contributed by atoms with Crippen molar-refractivity contribution in [3.63, 3.8) is 0 Å². The molecule has 0 bridgehead atoms. The molecule has 1 aromatic heterocycles. The lowest BCUT2D eigenvalue weighted by Crippen LogP contribution is -2.17. The zero-order valence-electron chi connectivity index (χ0n) is 13.9. The minimum atomic E-state index is -0.948. The molecule has 3 rings (SSSR count). The summed E-state index contributed by atoms with van der Waals surface area (Å²) in [5, 5.41) is 12.0. The van der Waals surface area contributed by atoms with E-state index in [0.717, 1.165) is 22.6 Å². The standard InChI is InChI=1S/C18H16N2O3S2/c1-9-7-12(8-15-16(21)19-18(24)25-15)11(3)20(9)14-6-4-5-13(10(14)2)17(22)23/h4-8H,1-3H3,(H,22,23)(H,19,21,24)/b15-8-. The molecule has 1 aromatic carbocycles. The highest BCUT2D eigenvalue weighted by molar-refractivity contribution is 8.26. The Kier molecular flexibility index (Phi) is 4.53. The van der Waals surface area contributed by atoms with Gasteiger partial charge in [0, 0.05) is 17.1 Å². The Labute approximate surface area is 154 Å². The number of hydrogen-bond acceptors (Lipinski definition) is 4. The van der Waals surface area contributed by atoms with E-state index >= 15 is 0 Å². The number of benzene rings is 1. The normalized spacial score (nSPS) is 15.7. The molecule has 0 atom stereocenters. The summed E-state index contributed by atoms with van der Waals surface area (Å²) in [6.45, 7) is 5.70. The van der Waals surface area contributed by atoms with Gasteiger partial charge in [-0.3, -0.25) is 4.79 Å². The molecule has 0 saturated carbocycles. The summed E-state index contributed by atoms with van der Waals surface area (Å²) < 4.78 is 2.46. The van der Waals surface area contributed by atoms with Gasteiger partial charge in [-0.2, -0.15) is 0 Å². The summed E-state index contributed by atoms with van der Waals surface area (Å²) >= 11 is 6.26. The number of hydrogen-bond donors (Lipinski definition) is 2. The largest absolute Gasteiger partial charge is 0.478 e. The molecule has 0 unspecified atom stereocenters. The maximum absolute atomic E-state index is 11.9. The lowest BCUT2D eigenvalue weighted by molar-refractivity contribution is -0.115. The van der Waals surface area contributed by atoms with Crippen LogP contribution in [0.25, 0.3) is 11.8 Å². The summed E-state index contributed by atoms with van der Waals surface area (Å²) in [5.74, 6) is -1.14. The van der Waals surface area contributed by atoms with E-state index in [0.29, 0.717) is 14.8 Å². The average Bonchev–Trinajstić information content (AvgIpc) is 2.99. The predicted octanol–water partition coefficient (Wildman–Crippen LogP) is 3.59. The number of nitrogens with zero attached hydrogens (tertiary/aromatic N) is 1. The summed E-state index contributed by atoms with van der Waals surface area (Å²) in [6, 6.07) is 7.20. The molecule has 0 spiro atoms. The lowest BCUT2D eigenvalue weighted by Gasteiger charge is -2.14. The number of aromatic carboxylic acids is 1. The number of aromatic nitrogens is 1. The minimum Gasteiger partial charge on any atom is -0.478 e. The van der Waals surface area contributed by atoms with E-state index in [2.05, 4.69) is 5.32 Å². The molecule has 128 valence electrons. The smallest absolute Gasteiger partial charge is 0.336 e. The molecular formula is C18H16N2O3S2. The van der Waals surface area contributed by atoms with Crippen molar-refractivity contribution < 1.29 is 14.7 Å². The average molecular weight is 372 g/mol. The summed E-state index contributed by atoms with van der Waals surface area (Å²) in [5.41, 5.74) is 4.59. The Bertz CT molecular complexity index is 957. The quantitative estimate of drug-likeness (QED) is 0.636. The molecule has 5 nitrogen and oxygen atoms in total. The van der Waals surface area contributed by atoms with Crippen molar-refractivity contribution in [1.82, 2.24) is 9.88 Å². The molecule has 2 N–H and O–H groups in total. The number of carboxylic acids is 1. The molecule has 1 aliphatic heterocycles. The fraction of sp³-hybridized carbons (Fsp3) is 0.167. The van der Waals surface area contributed by atoms with Gasteiger partial charge in [0.05, 0.1) is 10.5 Å². The van der Waals surface area contributed by atoms with Gasteiger partial charge < -0.3 is 15.0 Å². The van der Waals surface area contributed by atoms with Crippen LogP contribution in [-0.4, -0.2) is 25.9 Å². The van der Waals surface area contributed by atoms with Gasteiger partial charge in [0.15, 0.2) is 0 Å². The van der Waals surface area contributed by atoms with Gasteiger partial charge in [-0.1, -0.05) is 30.0 Å². The fourth-order valence-electron chi connectivity index (χ4n) is 2.96. The van der Waals surface area contributed by atoms with Crippen LogP contribution in [0.5, 0.6) is 0 Å². The lowest BCUT2D eigenvalue weighted by atomic mass is 10.1. The van der Waals surface area contributed by atoms with Crippen molar-refractivity contribution in [1.29, 1.82) is 0 Å². The molecule has 1 fully saturated rings. The van der Waals surface area contributed by atoms with E-state index in [9.17, 15) is 14.7 Å². The van der Waals surface area contributed by atoms with Gasteiger partial charge in [-0.15, -0.1) is 0 Å². The fourth-order valence-corrected chi connectivity index (χ4v) is 4.00. The van der Waals surface area contributed by atoms with Crippen molar-refractivity contribution in [2.45, 2.75) is 20.8 Å². The molecule has 25 heavy (non-hydrogen) atoms. The third-order valence-electron chi connectivity index (χ3n) is 4.18. The zero-order valence-corrected chi connectivity index (χ0v) is 15.5. The van der Waals surface area contributed by atoms with Gasteiger partial charge in [0.25, 0.3) is 5.91 Å². The van der Waals surface area contributed by atoms with Crippen molar-refractivity contribution in [2.24, 2.45) is 0 Å². The van der Waals surface area contributed by atoms with Crippen LogP contribution < -0.4 is 5.32 Å². The number of aryl methyl sites for hydroxylation is 1. The van der Waals surface area contributed by atoms with Crippen LogP contribution in [0.15, 0.2) is 29.2 Å². The van der Waals surface area contributed by atoms with Crippen molar-refractivity contribution in [3.05, 3.63) is 57.2 Å². The second-order valence-corrected chi connectivity index (χ2v) is 7.49. The van der Waals surface area contributed by atoms with E-state index in [-0.39, 0.29) is 11.5 Å². The molecule has 1 aliphatic rings.